The molecule has 2 rings (SSSR count). The molecule has 0 unspecified atom stereocenters. The lowest BCUT2D eigenvalue weighted by molar-refractivity contribution is -0.390. The van der Waals surface area contributed by atoms with Crippen LogP contribution < -0.4 is 5.73 Å². The molecule has 2 aromatic rings. The summed E-state index contributed by atoms with van der Waals surface area (Å²) in [4.78, 5) is 9.41. The Balaban J connectivity index is 0.00000338. The van der Waals surface area contributed by atoms with Crippen molar-refractivity contribution < 1.29 is 17.7 Å². The minimum absolute atomic E-state index is 0. The van der Waals surface area contributed by atoms with Crippen LogP contribution in [0.3, 0.4) is 0 Å². The summed E-state index contributed by atoms with van der Waals surface area (Å²) in [7, 11) is -4.26. The number of nitro groups is 1. The predicted molar refractivity (Wildman–Crippen MR) is 98.3 cm³/mol. The Bertz CT molecular complexity index is 850. The highest BCUT2D eigenvalue weighted by atomic mass is 35.5. The molecule has 0 amide bonds. The zero-order valence-corrected chi connectivity index (χ0v) is 15.4. The number of nitrogens with zero attached hydrogens (tertiary/aromatic N) is 2. The van der Waals surface area contributed by atoms with Crippen LogP contribution in [0.2, 0.25) is 0 Å². The Morgan fingerprint density at radius 2 is 1.73 bits per heavy atom. The number of hydrogen-bond acceptors (Lipinski definition) is 5. The van der Waals surface area contributed by atoms with E-state index in [1.54, 1.807) is 0 Å². The molecule has 0 aliphatic rings. The number of nitro benzene ring substituents is 1. The first-order valence-corrected chi connectivity index (χ1v) is 8.99. The van der Waals surface area contributed by atoms with Crippen LogP contribution in [0, 0.1) is 15.9 Å². The van der Waals surface area contributed by atoms with Crippen LogP contribution in [-0.2, 0) is 16.4 Å². The number of para-hydroxylation sites is 1. The maximum Gasteiger partial charge on any atom is 0.324 e. The van der Waals surface area contributed by atoms with Crippen molar-refractivity contribution in [3.05, 3.63) is 70.0 Å². The molecule has 10 heteroatoms. The van der Waals surface area contributed by atoms with Gasteiger partial charge in [0.2, 0.25) is 15.8 Å². The molecule has 142 valence electrons. The monoisotopic (exact) mass is 403 g/mol. The van der Waals surface area contributed by atoms with Crippen LogP contribution in [0.4, 0.5) is 10.1 Å². The zero-order chi connectivity index (χ0) is 18.4. The van der Waals surface area contributed by atoms with Gasteiger partial charge in [-0.25, -0.2) is 8.42 Å². The molecule has 0 aliphatic carbocycles. The molecule has 0 fully saturated rings. The van der Waals surface area contributed by atoms with Crippen LogP contribution in [0.15, 0.2) is 53.4 Å². The second-order valence-corrected chi connectivity index (χ2v) is 7.18. The lowest BCUT2D eigenvalue weighted by atomic mass is 10.1. The fraction of sp³-hybridized carbons (Fsp3) is 0.250. The van der Waals surface area contributed by atoms with Gasteiger partial charge in [0.25, 0.3) is 0 Å². The van der Waals surface area contributed by atoms with E-state index in [-0.39, 0.29) is 32.0 Å². The molecule has 0 aromatic heterocycles. The van der Waals surface area contributed by atoms with E-state index in [0.717, 1.165) is 28.1 Å². The van der Waals surface area contributed by atoms with Gasteiger partial charge in [-0.05, 0) is 24.1 Å². The van der Waals surface area contributed by atoms with Gasteiger partial charge in [-0.2, -0.15) is 8.70 Å². The molecule has 0 atom stereocenters. The highest BCUT2D eigenvalue weighted by Crippen LogP contribution is 2.29. The molecule has 2 aromatic carbocycles. The summed E-state index contributed by atoms with van der Waals surface area (Å²) in [5.41, 5.74) is 5.35. The number of hydrogen-bond donors (Lipinski definition) is 1. The minimum Gasteiger partial charge on any atom is -0.329 e. The standard InChI is InChI=1S/C16H18FN3O4S.ClH/c17-14-7-4-8-15(16(14)20(21)22)25(23,24)19(12-10-18)11-9-13-5-2-1-3-6-13;/h1-8H,9-12,18H2;1H. The number of benzene rings is 2. The van der Waals surface area contributed by atoms with Crippen LogP contribution in [0.1, 0.15) is 5.56 Å². The van der Waals surface area contributed by atoms with Crippen molar-refractivity contribution in [2.45, 2.75) is 11.3 Å². The van der Waals surface area contributed by atoms with E-state index in [9.17, 15) is 22.9 Å². The van der Waals surface area contributed by atoms with Crippen molar-refractivity contribution in [2.24, 2.45) is 5.73 Å². The average Bonchev–Trinajstić information content (AvgIpc) is 2.58. The third-order valence-electron chi connectivity index (χ3n) is 3.62. The van der Waals surface area contributed by atoms with Gasteiger partial charge in [-0.3, -0.25) is 10.1 Å². The molecule has 2 N–H and O–H groups in total. The van der Waals surface area contributed by atoms with Gasteiger partial charge in [0.1, 0.15) is 0 Å². The van der Waals surface area contributed by atoms with E-state index in [1.165, 1.54) is 0 Å². The number of nitrogens with two attached hydrogens (primary N) is 1. The Labute approximate surface area is 157 Å². The third-order valence-corrected chi connectivity index (χ3v) is 5.55. The van der Waals surface area contributed by atoms with Gasteiger partial charge < -0.3 is 5.73 Å². The van der Waals surface area contributed by atoms with Crippen molar-refractivity contribution in [2.75, 3.05) is 19.6 Å². The van der Waals surface area contributed by atoms with Crippen LogP contribution in [0.25, 0.3) is 0 Å². The Hall–Kier alpha value is -2.07. The summed E-state index contributed by atoms with van der Waals surface area (Å²) in [6, 6.07) is 12.2. The smallest absolute Gasteiger partial charge is 0.324 e. The fourth-order valence-corrected chi connectivity index (χ4v) is 4.04. The highest BCUT2D eigenvalue weighted by molar-refractivity contribution is 7.89. The van der Waals surface area contributed by atoms with Gasteiger partial charge in [0.05, 0.1) is 4.92 Å². The number of halogens is 2. The molecule has 0 spiro atoms. The molecule has 0 saturated carbocycles. The Morgan fingerprint density at radius 3 is 2.31 bits per heavy atom. The second-order valence-electron chi connectivity index (χ2n) is 5.27. The summed E-state index contributed by atoms with van der Waals surface area (Å²) in [6.45, 7) is 0.0944. The van der Waals surface area contributed by atoms with Crippen molar-refractivity contribution in [3.63, 3.8) is 0 Å². The molecule has 26 heavy (non-hydrogen) atoms. The van der Waals surface area contributed by atoms with E-state index < -0.39 is 31.3 Å². The van der Waals surface area contributed by atoms with Crippen molar-refractivity contribution in [1.29, 1.82) is 0 Å². The summed E-state index contributed by atoms with van der Waals surface area (Å²) in [5, 5.41) is 11.1. The predicted octanol–water partition coefficient (Wildman–Crippen LogP) is 2.35. The topological polar surface area (TPSA) is 107 Å². The lowest BCUT2D eigenvalue weighted by Crippen LogP contribution is -2.37. The van der Waals surface area contributed by atoms with Crippen molar-refractivity contribution in [3.8, 4) is 0 Å². The second kappa shape index (κ2) is 9.58. The normalized spacial score (nSPS) is 11.2. The summed E-state index contributed by atoms with van der Waals surface area (Å²) < 4.78 is 40.5. The molecular weight excluding hydrogens is 385 g/mol. The van der Waals surface area contributed by atoms with Gasteiger partial charge >= 0.3 is 5.69 Å². The van der Waals surface area contributed by atoms with E-state index in [2.05, 4.69) is 0 Å². The first-order valence-electron chi connectivity index (χ1n) is 7.55. The number of sulfonamides is 1. The van der Waals surface area contributed by atoms with Crippen LogP contribution in [0.5, 0.6) is 0 Å². The third kappa shape index (κ3) is 4.98. The SMILES string of the molecule is Cl.NCCN(CCc1ccccc1)S(=O)(=O)c1cccc(F)c1[N+](=O)[O-]. The van der Waals surface area contributed by atoms with Gasteiger partial charge in [-0.1, -0.05) is 36.4 Å². The molecule has 0 aliphatic heterocycles. The van der Waals surface area contributed by atoms with Gasteiger partial charge in [0, 0.05) is 19.6 Å². The Kier molecular flexibility index (Phi) is 8.09. The maximum absolute atomic E-state index is 13.8. The summed E-state index contributed by atoms with van der Waals surface area (Å²) in [5.74, 6) is -1.19. The quantitative estimate of drug-likeness (QED) is 0.537. The molecule has 0 radical (unpaired) electrons. The first-order chi connectivity index (χ1) is 11.9. The van der Waals surface area contributed by atoms with E-state index >= 15 is 0 Å². The average molecular weight is 404 g/mol. The van der Waals surface area contributed by atoms with Crippen molar-refractivity contribution >= 4 is 28.1 Å². The summed E-state index contributed by atoms with van der Waals surface area (Å²) >= 11 is 0. The molecular formula is C16H19ClFN3O4S. The lowest BCUT2D eigenvalue weighted by Gasteiger charge is -2.21. The molecule has 0 bridgehead atoms. The van der Waals surface area contributed by atoms with Gasteiger partial charge in [-0.15, -0.1) is 12.4 Å². The zero-order valence-electron chi connectivity index (χ0n) is 13.7. The van der Waals surface area contributed by atoms with E-state index in [1.807, 2.05) is 30.3 Å². The van der Waals surface area contributed by atoms with E-state index in [0.29, 0.717) is 6.42 Å². The first kappa shape index (κ1) is 22.0. The maximum atomic E-state index is 13.8. The number of rotatable bonds is 8. The van der Waals surface area contributed by atoms with Crippen LogP contribution in [-0.4, -0.2) is 37.3 Å². The van der Waals surface area contributed by atoms with Gasteiger partial charge in [0.15, 0.2) is 4.90 Å². The molecule has 7 nitrogen and oxygen atoms in total. The fourth-order valence-electron chi connectivity index (χ4n) is 2.41. The molecule has 0 saturated heterocycles. The minimum atomic E-state index is -4.26. The van der Waals surface area contributed by atoms with Crippen LogP contribution >= 0.6 is 12.4 Å². The summed E-state index contributed by atoms with van der Waals surface area (Å²) in [6.07, 6.45) is 0.406. The molecule has 0 heterocycles. The largest absolute Gasteiger partial charge is 0.329 e. The highest BCUT2D eigenvalue weighted by Gasteiger charge is 2.33. The van der Waals surface area contributed by atoms with E-state index in [4.69, 9.17) is 5.73 Å². The van der Waals surface area contributed by atoms with Crippen molar-refractivity contribution in [1.82, 2.24) is 4.31 Å². The Morgan fingerprint density at radius 1 is 1.08 bits per heavy atom.